The zero-order chi connectivity index (χ0) is 21.8. The molecule has 158 valence electrons. The molecule has 0 aliphatic rings. The average molecular weight is 463 g/mol. The number of benzene rings is 2. The largest absolute Gasteiger partial charge is 0.416 e. The molecule has 0 bridgehead atoms. The quantitative estimate of drug-likeness (QED) is 0.402. The smallest absolute Gasteiger partial charge is 0.411 e. The summed E-state index contributed by atoms with van der Waals surface area (Å²) >= 11 is 2.12. The first-order valence-electron chi connectivity index (χ1n) is 8.71. The number of aromatic nitrogens is 4. The van der Waals surface area contributed by atoms with E-state index in [0.717, 1.165) is 40.8 Å². The Bertz CT molecular complexity index is 1180. The first kappa shape index (κ1) is 21.0. The summed E-state index contributed by atoms with van der Waals surface area (Å²) in [5.74, 6) is -0.000544. The molecule has 0 radical (unpaired) electrons. The van der Waals surface area contributed by atoms with Gasteiger partial charge in [-0.2, -0.15) is 13.2 Å². The van der Waals surface area contributed by atoms with Crippen LogP contribution in [0.5, 0.6) is 0 Å². The van der Waals surface area contributed by atoms with Crippen LogP contribution in [0.2, 0.25) is 0 Å². The van der Waals surface area contributed by atoms with Crippen molar-refractivity contribution in [3.05, 3.63) is 60.2 Å². The molecule has 0 atom stereocenters. The number of alkyl halides is 3. The summed E-state index contributed by atoms with van der Waals surface area (Å²) in [6, 6.07) is 13.8. The lowest BCUT2D eigenvalue weighted by Crippen LogP contribution is -2.13. The Morgan fingerprint density at radius 2 is 1.71 bits per heavy atom. The van der Waals surface area contributed by atoms with E-state index in [1.165, 1.54) is 12.1 Å². The van der Waals surface area contributed by atoms with Gasteiger partial charge in [-0.1, -0.05) is 53.4 Å². The number of amides is 1. The van der Waals surface area contributed by atoms with Crippen molar-refractivity contribution in [3.8, 4) is 22.0 Å². The van der Waals surface area contributed by atoms with Crippen LogP contribution < -0.4 is 5.32 Å². The van der Waals surface area contributed by atoms with Gasteiger partial charge < -0.3 is 4.42 Å². The summed E-state index contributed by atoms with van der Waals surface area (Å²) in [5.41, 5.74) is 0.499. The van der Waals surface area contributed by atoms with Crippen molar-refractivity contribution < 1.29 is 22.4 Å². The van der Waals surface area contributed by atoms with E-state index in [4.69, 9.17) is 4.42 Å². The van der Waals surface area contributed by atoms with E-state index < -0.39 is 11.7 Å². The molecule has 7 nitrogen and oxygen atoms in total. The van der Waals surface area contributed by atoms with Gasteiger partial charge in [0.25, 0.3) is 5.22 Å². The lowest BCUT2D eigenvalue weighted by atomic mass is 10.1. The Hall–Kier alpha value is -3.25. The molecule has 4 rings (SSSR count). The van der Waals surface area contributed by atoms with Crippen LogP contribution in [0.4, 0.5) is 18.3 Å². The lowest BCUT2D eigenvalue weighted by Gasteiger charge is -2.06. The van der Waals surface area contributed by atoms with E-state index in [1.54, 1.807) is 0 Å². The van der Waals surface area contributed by atoms with E-state index in [0.29, 0.717) is 16.5 Å². The van der Waals surface area contributed by atoms with Gasteiger partial charge in [0, 0.05) is 11.1 Å². The second kappa shape index (κ2) is 8.86. The van der Waals surface area contributed by atoms with Gasteiger partial charge in [0.1, 0.15) is 5.01 Å². The second-order valence-electron chi connectivity index (χ2n) is 6.06. The van der Waals surface area contributed by atoms with Gasteiger partial charge in [-0.15, -0.1) is 20.4 Å². The highest BCUT2D eigenvalue weighted by Crippen LogP contribution is 2.32. The van der Waals surface area contributed by atoms with Crippen molar-refractivity contribution in [2.45, 2.75) is 11.4 Å². The van der Waals surface area contributed by atoms with Crippen LogP contribution in [0.25, 0.3) is 22.0 Å². The van der Waals surface area contributed by atoms with E-state index in [1.807, 2.05) is 30.3 Å². The molecule has 0 fully saturated rings. The van der Waals surface area contributed by atoms with Gasteiger partial charge in [0.2, 0.25) is 16.9 Å². The first-order valence-corrected chi connectivity index (χ1v) is 10.5. The molecule has 0 spiro atoms. The minimum absolute atomic E-state index is 0.00557. The topological polar surface area (TPSA) is 93.8 Å². The Kier molecular flexibility index (Phi) is 6.00. The molecular weight excluding hydrogens is 451 g/mol. The van der Waals surface area contributed by atoms with Crippen LogP contribution in [-0.4, -0.2) is 32.1 Å². The van der Waals surface area contributed by atoms with Gasteiger partial charge in [-0.25, -0.2) is 0 Å². The normalized spacial score (nSPS) is 11.5. The van der Waals surface area contributed by atoms with Crippen LogP contribution >= 0.6 is 23.1 Å². The Balaban J connectivity index is 1.33. The van der Waals surface area contributed by atoms with Crippen molar-refractivity contribution >= 4 is 34.1 Å². The van der Waals surface area contributed by atoms with E-state index in [-0.39, 0.29) is 22.0 Å². The fraction of sp³-hybridized carbons (Fsp3) is 0.105. The second-order valence-corrected chi connectivity index (χ2v) is 7.97. The Labute approximate surface area is 181 Å². The molecule has 0 aliphatic carbocycles. The summed E-state index contributed by atoms with van der Waals surface area (Å²) in [5, 5.41) is 19.1. The maximum atomic E-state index is 12.7. The van der Waals surface area contributed by atoms with Crippen LogP contribution in [0.1, 0.15) is 5.56 Å². The number of nitrogens with one attached hydrogen (secondary N) is 1. The highest BCUT2D eigenvalue weighted by molar-refractivity contribution is 7.99. The molecule has 31 heavy (non-hydrogen) atoms. The third kappa shape index (κ3) is 5.27. The fourth-order valence-electron chi connectivity index (χ4n) is 2.44. The maximum absolute atomic E-state index is 12.7. The average Bonchev–Trinajstić information content (AvgIpc) is 3.42. The van der Waals surface area contributed by atoms with Crippen LogP contribution in [-0.2, 0) is 11.0 Å². The van der Waals surface area contributed by atoms with Crippen molar-refractivity contribution in [2.75, 3.05) is 11.1 Å². The third-order valence-corrected chi connectivity index (χ3v) is 5.59. The molecular formula is C19H12F3N5O2S2. The number of hydrogen-bond donors (Lipinski definition) is 1. The Morgan fingerprint density at radius 3 is 2.42 bits per heavy atom. The standard InChI is InChI=1S/C19H12F3N5O2S2/c20-19(21,22)13-8-6-12(7-9-13)16-25-26-17(31-16)23-14(28)10-30-18-27-24-15(29-18)11-4-2-1-3-5-11/h1-9H,10H2,(H,23,26,28). The number of thioether (sulfide) groups is 1. The molecule has 2 heterocycles. The number of carbonyl (C=O) groups is 1. The van der Waals surface area contributed by atoms with Crippen molar-refractivity contribution in [3.63, 3.8) is 0 Å². The molecule has 0 unspecified atom stereocenters. The minimum atomic E-state index is -4.41. The molecule has 2 aromatic carbocycles. The first-order chi connectivity index (χ1) is 14.9. The van der Waals surface area contributed by atoms with Gasteiger partial charge in [-0.3, -0.25) is 10.1 Å². The highest BCUT2D eigenvalue weighted by atomic mass is 32.2. The van der Waals surface area contributed by atoms with Gasteiger partial charge in [0.15, 0.2) is 0 Å². The van der Waals surface area contributed by atoms with Gasteiger partial charge >= 0.3 is 6.18 Å². The molecule has 0 saturated heterocycles. The van der Waals surface area contributed by atoms with E-state index in [9.17, 15) is 18.0 Å². The van der Waals surface area contributed by atoms with Crippen LogP contribution in [0.15, 0.2) is 64.2 Å². The predicted molar refractivity (Wildman–Crippen MR) is 109 cm³/mol. The highest BCUT2D eigenvalue weighted by Gasteiger charge is 2.30. The lowest BCUT2D eigenvalue weighted by molar-refractivity contribution is -0.137. The predicted octanol–water partition coefficient (Wildman–Crippen LogP) is 5.00. The molecule has 4 aromatic rings. The third-order valence-electron chi connectivity index (χ3n) is 3.88. The summed E-state index contributed by atoms with van der Waals surface area (Å²) in [4.78, 5) is 12.2. The number of rotatable bonds is 6. The van der Waals surface area contributed by atoms with Crippen LogP contribution in [0, 0.1) is 0 Å². The SMILES string of the molecule is O=C(CSc1nnc(-c2ccccc2)o1)Nc1nnc(-c2ccc(C(F)(F)F)cc2)s1. The molecule has 0 aliphatic heterocycles. The van der Waals surface area contributed by atoms with Gasteiger partial charge in [-0.05, 0) is 24.3 Å². The monoisotopic (exact) mass is 463 g/mol. The molecule has 2 aromatic heterocycles. The number of carbonyl (C=O) groups excluding carboxylic acids is 1. The summed E-state index contributed by atoms with van der Waals surface area (Å²) in [6.07, 6.45) is -4.41. The molecule has 12 heteroatoms. The zero-order valence-corrected chi connectivity index (χ0v) is 17.1. The molecule has 1 N–H and O–H groups in total. The zero-order valence-electron chi connectivity index (χ0n) is 15.5. The number of hydrogen-bond acceptors (Lipinski definition) is 8. The number of anilines is 1. The van der Waals surface area contributed by atoms with Crippen LogP contribution in [0.3, 0.4) is 0 Å². The Morgan fingerprint density at radius 1 is 0.968 bits per heavy atom. The van der Waals surface area contributed by atoms with Crippen molar-refractivity contribution in [1.29, 1.82) is 0 Å². The van der Waals surface area contributed by atoms with Crippen molar-refractivity contribution in [2.24, 2.45) is 0 Å². The molecule has 1 amide bonds. The number of nitrogens with zero attached hydrogens (tertiary/aromatic N) is 4. The summed E-state index contributed by atoms with van der Waals surface area (Å²) in [6.45, 7) is 0. The fourth-order valence-corrected chi connectivity index (χ4v) is 3.77. The summed E-state index contributed by atoms with van der Waals surface area (Å²) < 4.78 is 43.5. The van der Waals surface area contributed by atoms with Gasteiger partial charge in [0.05, 0.1) is 11.3 Å². The van der Waals surface area contributed by atoms with E-state index >= 15 is 0 Å². The van der Waals surface area contributed by atoms with Crippen molar-refractivity contribution in [1.82, 2.24) is 20.4 Å². The summed E-state index contributed by atoms with van der Waals surface area (Å²) in [7, 11) is 0. The maximum Gasteiger partial charge on any atom is 0.416 e. The number of halogens is 3. The molecule has 0 saturated carbocycles. The van der Waals surface area contributed by atoms with E-state index in [2.05, 4.69) is 25.7 Å². The minimum Gasteiger partial charge on any atom is -0.411 e.